The second-order valence-electron chi connectivity index (χ2n) is 5.99. The van der Waals surface area contributed by atoms with Crippen molar-refractivity contribution in [2.45, 2.75) is 39.0 Å². The molecule has 6 nitrogen and oxygen atoms in total. The van der Waals surface area contributed by atoms with Crippen molar-refractivity contribution in [2.75, 3.05) is 13.1 Å². The summed E-state index contributed by atoms with van der Waals surface area (Å²) in [5.41, 5.74) is 2.61. The quantitative estimate of drug-likeness (QED) is 0.943. The van der Waals surface area contributed by atoms with E-state index in [1.807, 2.05) is 31.3 Å². The molecule has 1 aliphatic heterocycles. The number of nitrogens with one attached hydrogen (secondary N) is 1. The molecule has 118 valence electrons. The van der Waals surface area contributed by atoms with Crippen LogP contribution in [0.15, 0.2) is 12.4 Å². The van der Waals surface area contributed by atoms with Gasteiger partial charge in [0.25, 0.3) is 5.91 Å². The van der Waals surface area contributed by atoms with Crippen molar-refractivity contribution >= 4 is 5.91 Å². The molecule has 1 saturated heterocycles. The van der Waals surface area contributed by atoms with E-state index in [2.05, 4.69) is 26.7 Å². The number of rotatable bonds is 3. The van der Waals surface area contributed by atoms with Crippen LogP contribution in [0.1, 0.15) is 53.3 Å². The van der Waals surface area contributed by atoms with Crippen molar-refractivity contribution in [2.24, 2.45) is 7.05 Å². The van der Waals surface area contributed by atoms with Crippen LogP contribution in [0.3, 0.4) is 0 Å². The van der Waals surface area contributed by atoms with Gasteiger partial charge in [-0.25, -0.2) is 4.98 Å². The van der Waals surface area contributed by atoms with Gasteiger partial charge in [0.15, 0.2) is 5.69 Å². The molecule has 3 heterocycles. The number of hydrogen-bond donors (Lipinski definition) is 1. The van der Waals surface area contributed by atoms with E-state index in [0.29, 0.717) is 11.6 Å². The van der Waals surface area contributed by atoms with Crippen molar-refractivity contribution in [1.29, 1.82) is 0 Å². The highest BCUT2D eigenvalue weighted by molar-refractivity contribution is 5.94. The van der Waals surface area contributed by atoms with Gasteiger partial charge in [-0.05, 0) is 26.2 Å². The van der Waals surface area contributed by atoms with E-state index in [9.17, 15) is 4.79 Å². The molecule has 0 saturated carbocycles. The van der Waals surface area contributed by atoms with Crippen LogP contribution >= 0.6 is 0 Å². The van der Waals surface area contributed by atoms with Crippen molar-refractivity contribution in [3.05, 3.63) is 35.2 Å². The topological polar surface area (TPSA) is 66.8 Å². The number of amides is 1. The van der Waals surface area contributed by atoms with Crippen LogP contribution in [0.25, 0.3) is 0 Å². The van der Waals surface area contributed by atoms with E-state index >= 15 is 0 Å². The van der Waals surface area contributed by atoms with Crippen LogP contribution in [0, 0.1) is 6.92 Å². The molecular weight excluding hydrogens is 278 g/mol. The lowest BCUT2D eigenvalue weighted by molar-refractivity contribution is 0.0704. The molecule has 22 heavy (non-hydrogen) atoms. The fourth-order valence-corrected chi connectivity index (χ4v) is 3.25. The fraction of sp³-hybridized carbons (Fsp3) is 0.562. The fourth-order valence-electron chi connectivity index (χ4n) is 3.25. The Morgan fingerprint density at radius 1 is 1.41 bits per heavy atom. The Morgan fingerprint density at radius 2 is 2.14 bits per heavy atom. The van der Waals surface area contributed by atoms with Crippen LogP contribution in [-0.2, 0) is 13.5 Å². The number of carbonyl (C=O) groups is 1. The first kappa shape index (κ1) is 14.8. The molecule has 2 aromatic rings. The first-order chi connectivity index (χ1) is 10.6. The minimum Gasteiger partial charge on any atom is -0.338 e. The smallest absolute Gasteiger partial charge is 0.274 e. The summed E-state index contributed by atoms with van der Waals surface area (Å²) in [5, 5.41) is 7.18. The number of imidazole rings is 1. The van der Waals surface area contributed by atoms with E-state index in [-0.39, 0.29) is 5.91 Å². The molecule has 1 aliphatic rings. The lowest BCUT2D eigenvalue weighted by Crippen LogP contribution is -2.38. The van der Waals surface area contributed by atoms with Crippen LogP contribution in [0.5, 0.6) is 0 Å². The summed E-state index contributed by atoms with van der Waals surface area (Å²) in [5.74, 6) is 1.61. The summed E-state index contributed by atoms with van der Waals surface area (Å²) < 4.78 is 2.08. The molecule has 0 aliphatic carbocycles. The lowest BCUT2D eigenvalue weighted by atomic mass is 9.95. The number of aromatic nitrogens is 4. The van der Waals surface area contributed by atoms with Crippen LogP contribution in [0.4, 0.5) is 0 Å². The Bertz CT molecular complexity index is 664. The van der Waals surface area contributed by atoms with Crippen LogP contribution in [0.2, 0.25) is 0 Å². The molecule has 0 radical (unpaired) electrons. The minimum absolute atomic E-state index is 0.0479. The molecule has 1 fully saturated rings. The van der Waals surface area contributed by atoms with Crippen molar-refractivity contribution in [3.63, 3.8) is 0 Å². The van der Waals surface area contributed by atoms with Gasteiger partial charge >= 0.3 is 0 Å². The maximum absolute atomic E-state index is 12.6. The number of likely N-dealkylation sites (tertiary alicyclic amines) is 1. The second-order valence-corrected chi connectivity index (χ2v) is 5.99. The summed E-state index contributed by atoms with van der Waals surface area (Å²) in [6.45, 7) is 5.57. The van der Waals surface area contributed by atoms with E-state index in [1.165, 1.54) is 0 Å². The van der Waals surface area contributed by atoms with Crippen molar-refractivity contribution < 1.29 is 4.79 Å². The predicted molar refractivity (Wildman–Crippen MR) is 83.8 cm³/mol. The Balaban J connectivity index is 1.67. The first-order valence-corrected chi connectivity index (χ1v) is 7.92. The summed E-state index contributed by atoms with van der Waals surface area (Å²) in [7, 11) is 2.03. The number of aromatic amines is 1. The molecule has 1 amide bonds. The molecule has 2 aromatic heterocycles. The van der Waals surface area contributed by atoms with Gasteiger partial charge in [-0.1, -0.05) is 6.92 Å². The summed E-state index contributed by atoms with van der Waals surface area (Å²) in [6, 6.07) is 0. The predicted octanol–water partition coefficient (Wildman–Crippen LogP) is 2.03. The molecule has 1 N–H and O–H groups in total. The van der Waals surface area contributed by atoms with Gasteiger partial charge in [0.1, 0.15) is 5.82 Å². The highest BCUT2D eigenvalue weighted by Gasteiger charge is 2.28. The normalized spacial score (nSPS) is 16.2. The number of aryl methyl sites for hydroxylation is 2. The average Bonchev–Trinajstić information content (AvgIpc) is 3.12. The van der Waals surface area contributed by atoms with Gasteiger partial charge in [-0.15, -0.1) is 0 Å². The lowest BCUT2D eigenvalue weighted by Gasteiger charge is -2.31. The summed E-state index contributed by atoms with van der Waals surface area (Å²) >= 11 is 0. The first-order valence-electron chi connectivity index (χ1n) is 7.92. The van der Waals surface area contributed by atoms with E-state index in [0.717, 1.165) is 49.4 Å². The summed E-state index contributed by atoms with van der Waals surface area (Å²) in [6.07, 6.45) is 6.60. The molecule has 0 aromatic carbocycles. The maximum Gasteiger partial charge on any atom is 0.274 e. The third-order valence-corrected chi connectivity index (χ3v) is 4.67. The zero-order valence-electron chi connectivity index (χ0n) is 13.5. The molecule has 0 unspecified atom stereocenters. The van der Waals surface area contributed by atoms with Gasteiger partial charge in [0.2, 0.25) is 0 Å². The number of H-pyrrole nitrogens is 1. The molecule has 6 heteroatoms. The van der Waals surface area contributed by atoms with E-state index in [1.54, 1.807) is 0 Å². The molecule has 3 rings (SSSR count). The SMILES string of the molecule is CCc1[nH]nc(C(=O)N2CCC(c3nccn3C)CC2)c1C. The minimum atomic E-state index is 0.0479. The highest BCUT2D eigenvalue weighted by atomic mass is 16.2. The average molecular weight is 301 g/mol. The van der Waals surface area contributed by atoms with Gasteiger partial charge < -0.3 is 9.47 Å². The zero-order chi connectivity index (χ0) is 15.7. The Labute approximate surface area is 130 Å². The van der Waals surface area contributed by atoms with Crippen LogP contribution in [-0.4, -0.2) is 43.6 Å². The summed E-state index contributed by atoms with van der Waals surface area (Å²) in [4.78, 5) is 19.0. The number of nitrogens with zero attached hydrogens (tertiary/aromatic N) is 4. The number of piperidine rings is 1. The van der Waals surface area contributed by atoms with Crippen molar-refractivity contribution in [1.82, 2.24) is 24.6 Å². The third kappa shape index (κ3) is 2.53. The van der Waals surface area contributed by atoms with E-state index in [4.69, 9.17) is 0 Å². The zero-order valence-corrected chi connectivity index (χ0v) is 13.5. The molecule has 0 atom stereocenters. The van der Waals surface area contributed by atoms with Crippen molar-refractivity contribution in [3.8, 4) is 0 Å². The monoisotopic (exact) mass is 301 g/mol. The third-order valence-electron chi connectivity index (χ3n) is 4.67. The molecule has 0 bridgehead atoms. The van der Waals surface area contributed by atoms with E-state index < -0.39 is 0 Å². The largest absolute Gasteiger partial charge is 0.338 e. The molecular formula is C16H23N5O. The Hall–Kier alpha value is -2.11. The molecule has 0 spiro atoms. The number of hydrogen-bond acceptors (Lipinski definition) is 3. The van der Waals surface area contributed by atoms with Gasteiger partial charge in [0.05, 0.1) is 0 Å². The highest BCUT2D eigenvalue weighted by Crippen LogP contribution is 2.27. The second kappa shape index (κ2) is 5.94. The van der Waals surface area contributed by atoms with Gasteiger partial charge in [0, 0.05) is 49.7 Å². The standard InChI is InChI=1S/C16H23N5O/c1-4-13-11(2)14(19-18-13)16(22)21-8-5-12(6-9-21)15-17-7-10-20(15)3/h7,10,12H,4-6,8-9H2,1-3H3,(H,18,19). The van der Waals surface area contributed by atoms with Crippen LogP contribution < -0.4 is 0 Å². The van der Waals surface area contributed by atoms with Gasteiger partial charge in [-0.2, -0.15) is 5.10 Å². The maximum atomic E-state index is 12.6. The number of carbonyl (C=O) groups excluding carboxylic acids is 1. The Morgan fingerprint density at radius 3 is 2.68 bits per heavy atom. The Kier molecular flexibility index (Phi) is 4.00. The van der Waals surface area contributed by atoms with Gasteiger partial charge in [-0.3, -0.25) is 9.89 Å².